The number of amides is 3. The molecule has 0 spiro atoms. The van der Waals surface area contributed by atoms with Crippen LogP contribution in [0.3, 0.4) is 0 Å². The zero-order chi connectivity index (χ0) is 84.8. The molecule has 620 valence electrons. The van der Waals surface area contributed by atoms with Crippen molar-refractivity contribution in [1.29, 1.82) is 5.41 Å². The molecule has 114 heavy (non-hydrogen) atoms. The van der Waals surface area contributed by atoms with E-state index >= 15 is 0 Å². The van der Waals surface area contributed by atoms with Crippen LogP contribution in [0.4, 0.5) is 16.2 Å². The minimum absolute atomic E-state index is 0.00348. The van der Waals surface area contributed by atoms with Crippen LogP contribution in [0.2, 0.25) is 0 Å². The van der Waals surface area contributed by atoms with Crippen molar-refractivity contribution in [3.05, 3.63) is 172 Å². The smallest absolute Gasteiger partial charge is 0.425 e. The van der Waals surface area contributed by atoms with E-state index in [-0.39, 0.29) is 106 Å². The maximum atomic E-state index is 14.3. The average molecular weight is 1660 g/mol. The van der Waals surface area contributed by atoms with Gasteiger partial charge in [0.15, 0.2) is 11.5 Å². The van der Waals surface area contributed by atoms with Crippen molar-refractivity contribution in [2.45, 2.75) is 198 Å². The van der Waals surface area contributed by atoms with Crippen LogP contribution in [0.25, 0.3) is 0 Å². The summed E-state index contributed by atoms with van der Waals surface area (Å²) in [6.07, 6.45) is 16.3. The normalized spacial score (nSPS) is 15.4. The summed E-state index contributed by atoms with van der Waals surface area (Å²) >= 11 is 0. The van der Waals surface area contributed by atoms with Crippen LogP contribution in [-0.2, 0) is 103 Å². The first-order chi connectivity index (χ1) is 53.8. The molecule has 2 aliphatic heterocycles. The van der Waals surface area contributed by atoms with Crippen molar-refractivity contribution < 1.29 is 119 Å². The molecule has 0 saturated carbocycles. The number of nitrogens with one attached hydrogen (secondary N) is 4. The molecule has 2 heterocycles. The fourth-order valence-electron chi connectivity index (χ4n) is 13.6. The lowest BCUT2D eigenvalue weighted by atomic mass is 9.81. The first-order valence-electron chi connectivity index (χ1n) is 37.1. The number of benzene rings is 4. The molecule has 7 rings (SSSR count). The number of ether oxygens (including phenoxy) is 1. The molecule has 3 aliphatic rings. The molecular weight excluding hydrogens is 1560 g/mol. The zero-order valence-corrected chi connectivity index (χ0v) is 67.3. The highest BCUT2D eigenvalue weighted by Crippen LogP contribution is 2.48. The van der Waals surface area contributed by atoms with Crippen molar-refractivity contribution in [3.8, 4) is 5.75 Å². The predicted octanol–water partition coefficient (Wildman–Crippen LogP) is 9.57. The molecule has 4 aromatic rings. The quantitative estimate of drug-likeness (QED) is 0.00883. The monoisotopic (exact) mass is 1660 g/mol. The number of carboxylic acid groups (broad SMARTS) is 3. The standard InChI is InChI=1S/C78H100N6O17S2.CO2.2O3S/c1-77(2)62-29-14-16-31-66(62)83(46-18-20-48-102(95,96)97)69(77)43-37-56-26-22-27-57(38-44-70-78(3,4)63-30-15-17-32-67(63)84(70)47-19-21-49-103(98,99)100)73(56)101-61-40-35-55(36-41-61)50-58(74(90)91)52-68(86)65(51-54-24-10-9-11-25-54)81-71(87)33-13-8-6-5-7-12-28-59(79)53-60(85)39-42-64(75(92)93)82-76(94)80-45-23-34-72(88)89;2-1-3;2*1-4(2)3/h9-11,14-17,24-25,29-32,35-38,40-41,43-44,58,64-65,79H,5-8,12-13,18-23,26-28,33-34,39,42,45-53H2,1-4H3,(H7-,80,81,82,87,88,89,90,91,92,93,94,95,96,97,98,99,100);;;/t58-,64+,65+;;;/m1.../s1. The number of hydrogen-bond acceptors (Lipinski definition) is 23. The number of nitrogens with zero attached hydrogens (tertiary/aromatic N) is 2. The minimum atomic E-state index is -4.39. The summed E-state index contributed by atoms with van der Waals surface area (Å²) in [5, 5.41) is 44.8. The van der Waals surface area contributed by atoms with Crippen LogP contribution >= 0.6 is 0 Å². The molecule has 0 fully saturated rings. The molecule has 0 bridgehead atoms. The molecule has 3 atom stereocenters. The first kappa shape index (κ1) is 96.1. The molecule has 0 unspecified atom stereocenters. The second-order valence-corrected chi connectivity index (χ2v) is 32.4. The van der Waals surface area contributed by atoms with Gasteiger partial charge in [0.05, 0.1) is 33.2 Å². The second-order valence-electron chi connectivity index (χ2n) is 28.4. The number of ketones is 2. The highest BCUT2D eigenvalue weighted by molar-refractivity contribution is 7.85. The number of carbonyl (C=O) groups is 7. The summed E-state index contributed by atoms with van der Waals surface area (Å²) in [6, 6.07) is 29.4. The molecule has 31 nitrogen and oxygen atoms in total. The fourth-order valence-corrected chi connectivity index (χ4v) is 14.8. The van der Waals surface area contributed by atoms with E-state index in [1.807, 2.05) is 60.7 Å². The Labute approximate surface area is 666 Å². The Bertz CT molecular complexity index is 4670. The van der Waals surface area contributed by atoms with Crippen molar-refractivity contribution in [3.63, 3.8) is 0 Å². The predicted molar refractivity (Wildman–Crippen MR) is 418 cm³/mol. The maximum Gasteiger partial charge on any atom is 0.425 e. The Morgan fingerprint density at radius 3 is 1.85 bits per heavy atom. The number of anilines is 1. The molecular formula is C79H100N6O25S4. The Balaban J connectivity index is 0.00000234. The van der Waals surface area contributed by atoms with Crippen molar-refractivity contribution in [2.24, 2.45) is 5.92 Å². The summed E-state index contributed by atoms with van der Waals surface area (Å²) in [5.74, 6) is -5.44. The summed E-state index contributed by atoms with van der Waals surface area (Å²) in [7, 11) is -14.8. The number of carboxylic acids is 3. The fraction of sp³-hybridized carbons (Fsp3) is 0.468. The van der Waals surface area contributed by atoms with Gasteiger partial charge in [-0.05, 0) is 156 Å². The van der Waals surface area contributed by atoms with E-state index < -0.39 is 106 Å². The SMILES string of the molecule is CC1(C)C(=CC=C2CCCC(C=CC3=[N+](CCCCS(=O)(=O)O)c4ccccc4C3(C)C)=C2Oc2ccc(C[C@H](CC(=O)[C@H](Cc3ccccc3)NC(=O)CCCCCCCCC(=N)CC(=O)CC[C@H](NC(=O)NCCCC(=O)O)C(=O)O)C(=O)O)cc2)N(CCCCS(=O)(=O)[O-])c2ccccc21.O=C=O.O=S(=O)=O.O=S(=O)=O. The highest BCUT2D eigenvalue weighted by Gasteiger charge is 2.44. The molecule has 0 aromatic heterocycles. The van der Waals surface area contributed by atoms with Crippen molar-refractivity contribution in [2.75, 3.05) is 36.0 Å². The van der Waals surface area contributed by atoms with Crippen LogP contribution < -0.4 is 25.6 Å². The van der Waals surface area contributed by atoms with Gasteiger partial charge in [-0.15, -0.1) is 25.3 Å². The van der Waals surface area contributed by atoms with E-state index in [2.05, 4.69) is 95.6 Å². The lowest BCUT2D eigenvalue weighted by molar-refractivity contribution is -0.438. The van der Waals surface area contributed by atoms with E-state index in [1.165, 1.54) is 0 Å². The molecule has 0 saturated heterocycles. The Kier molecular flexibility index (Phi) is 40.5. The Morgan fingerprint density at radius 2 is 1.24 bits per heavy atom. The summed E-state index contributed by atoms with van der Waals surface area (Å²) in [4.78, 5) is 106. The Hall–Kier alpha value is -10.3. The third-order valence-electron chi connectivity index (χ3n) is 19.2. The van der Waals surface area contributed by atoms with Crippen LogP contribution in [-0.4, -0.2) is 173 Å². The van der Waals surface area contributed by atoms with E-state index in [0.717, 1.165) is 82.7 Å². The molecule has 4 aromatic carbocycles. The van der Waals surface area contributed by atoms with Gasteiger partial charge in [-0.25, -0.2) is 18.0 Å². The van der Waals surface area contributed by atoms with Crippen molar-refractivity contribution >= 4 is 112 Å². The zero-order valence-electron chi connectivity index (χ0n) is 64.0. The van der Waals surface area contributed by atoms with Gasteiger partial charge < -0.3 is 50.9 Å². The van der Waals surface area contributed by atoms with Crippen LogP contribution in [0.1, 0.15) is 185 Å². The number of fused-ring (bicyclic) bond motifs is 2. The van der Waals surface area contributed by atoms with Gasteiger partial charge in [0.25, 0.3) is 10.1 Å². The number of unbranched alkanes of at least 4 members (excludes halogenated alkanes) is 7. The van der Waals surface area contributed by atoms with Gasteiger partial charge in [-0.2, -0.15) is 22.6 Å². The maximum absolute atomic E-state index is 14.3. The molecule has 35 heteroatoms. The van der Waals surface area contributed by atoms with Crippen LogP contribution in [0.15, 0.2) is 150 Å². The van der Waals surface area contributed by atoms with E-state index in [0.29, 0.717) is 75.1 Å². The number of hydrogen-bond donors (Lipinski definition) is 8. The summed E-state index contributed by atoms with van der Waals surface area (Å²) in [6.45, 7) is 9.61. The van der Waals surface area contributed by atoms with Crippen molar-refractivity contribution in [1.82, 2.24) is 16.0 Å². The van der Waals surface area contributed by atoms with Gasteiger partial charge in [-0.1, -0.05) is 124 Å². The van der Waals surface area contributed by atoms with E-state index in [1.54, 1.807) is 24.3 Å². The van der Waals surface area contributed by atoms with Gasteiger partial charge in [0, 0.05) is 97.6 Å². The molecule has 1 aliphatic carbocycles. The number of urea groups is 1. The first-order valence-corrected chi connectivity index (χ1v) is 42.2. The van der Waals surface area contributed by atoms with Gasteiger partial charge in [0.2, 0.25) is 11.6 Å². The van der Waals surface area contributed by atoms with Gasteiger partial charge in [0.1, 0.15) is 29.9 Å². The summed E-state index contributed by atoms with van der Waals surface area (Å²) in [5.41, 5.74) is 8.73. The lowest BCUT2D eigenvalue weighted by Crippen LogP contribution is -2.46. The highest BCUT2D eigenvalue weighted by atomic mass is 32.2. The number of rotatable bonds is 44. The third kappa shape index (κ3) is 34.6. The van der Waals surface area contributed by atoms with E-state index in [4.69, 9.17) is 50.1 Å². The van der Waals surface area contributed by atoms with Gasteiger partial charge in [-0.3, -0.25) is 28.5 Å². The van der Waals surface area contributed by atoms with Gasteiger partial charge >= 0.3 is 51.3 Å². The number of carbonyl (C=O) groups excluding carboxylic acids is 6. The van der Waals surface area contributed by atoms with E-state index in [9.17, 15) is 69.7 Å². The average Bonchev–Trinajstić information content (AvgIpc) is 1.60. The molecule has 3 amide bonds. The number of Topliss-reactive ketones (excluding diaryl/α,β-unsaturated/α-hetero) is 2. The number of para-hydroxylation sites is 2. The summed E-state index contributed by atoms with van der Waals surface area (Å²) < 4.78 is 128. The number of aliphatic carboxylic acids is 3. The minimum Gasteiger partial charge on any atom is -0.748 e. The molecule has 8 N–H and O–H groups in total. The third-order valence-corrected chi connectivity index (χ3v) is 20.8. The Morgan fingerprint density at radius 1 is 0.649 bits per heavy atom. The lowest BCUT2D eigenvalue weighted by Gasteiger charge is -2.28. The number of allylic oxidation sites excluding steroid dienone is 7. The topological polar surface area (TPSA) is 504 Å². The van der Waals surface area contributed by atoms with Crippen LogP contribution in [0.5, 0.6) is 5.75 Å². The molecule has 0 radical (unpaired) electrons. The van der Waals surface area contributed by atoms with Crippen LogP contribution in [0, 0.1) is 11.3 Å². The largest absolute Gasteiger partial charge is 0.748 e. The second kappa shape index (κ2) is 48.0.